The minimum atomic E-state index is -1.09. The van der Waals surface area contributed by atoms with Gasteiger partial charge in [-0.2, -0.15) is 0 Å². The Labute approximate surface area is 86.3 Å². The Morgan fingerprint density at radius 3 is 2.43 bits per heavy atom. The van der Waals surface area contributed by atoms with Crippen LogP contribution in [0.5, 0.6) is 0 Å². The fourth-order valence-electron chi connectivity index (χ4n) is 1.11. The smallest absolute Gasteiger partial charge is 0.270 e. The van der Waals surface area contributed by atoms with Gasteiger partial charge < -0.3 is 5.11 Å². The van der Waals surface area contributed by atoms with Crippen LogP contribution in [-0.4, -0.2) is 10.0 Å². The molecule has 0 aliphatic heterocycles. The minimum Gasteiger partial charge on any atom is -0.386 e. The lowest BCUT2D eigenvalue weighted by molar-refractivity contribution is -0.384. The summed E-state index contributed by atoms with van der Waals surface area (Å²) in [6.45, 7) is 3.14. The van der Waals surface area contributed by atoms with Gasteiger partial charge in [-0.15, -0.1) is 0 Å². The second-order valence-electron chi connectivity index (χ2n) is 3.48. The van der Waals surface area contributed by atoms with Crippen molar-refractivity contribution in [2.24, 2.45) is 0 Å². The lowest BCUT2D eigenvalue weighted by Crippen LogP contribution is -2.15. The van der Waals surface area contributed by atoms with Gasteiger partial charge in [-0.3, -0.25) is 10.1 Å². The lowest BCUT2D eigenvalue weighted by Gasteiger charge is -2.18. The number of rotatable bonds is 2. The number of aliphatic hydroxyl groups is 1. The van der Waals surface area contributed by atoms with Crippen LogP contribution >= 0.6 is 11.6 Å². The van der Waals surface area contributed by atoms with Gasteiger partial charge in [0, 0.05) is 17.7 Å². The van der Waals surface area contributed by atoms with Crippen LogP contribution < -0.4 is 0 Å². The van der Waals surface area contributed by atoms with Crippen molar-refractivity contribution in [2.75, 3.05) is 0 Å². The summed E-state index contributed by atoms with van der Waals surface area (Å²) >= 11 is 5.79. The molecule has 0 fully saturated rings. The first kappa shape index (κ1) is 10.9. The summed E-state index contributed by atoms with van der Waals surface area (Å²) in [6.07, 6.45) is 0. The number of halogens is 1. The van der Waals surface area contributed by atoms with Crippen LogP contribution in [0.4, 0.5) is 5.69 Å². The van der Waals surface area contributed by atoms with E-state index in [4.69, 9.17) is 11.6 Å². The third kappa shape index (κ3) is 2.21. The molecule has 1 aromatic rings. The monoisotopic (exact) mass is 215 g/mol. The number of nitro benzene ring substituents is 1. The van der Waals surface area contributed by atoms with E-state index in [0.29, 0.717) is 5.56 Å². The standard InChI is InChI=1S/C9H10ClNO3/c1-9(2,12)7-4-3-6(11(13)14)5-8(7)10/h3-5,12H,1-2H3. The van der Waals surface area contributed by atoms with E-state index in [9.17, 15) is 15.2 Å². The number of hydrogen-bond acceptors (Lipinski definition) is 3. The lowest BCUT2D eigenvalue weighted by atomic mass is 9.98. The summed E-state index contributed by atoms with van der Waals surface area (Å²) < 4.78 is 0. The van der Waals surface area contributed by atoms with Gasteiger partial charge in [0.2, 0.25) is 0 Å². The van der Waals surface area contributed by atoms with Crippen molar-refractivity contribution >= 4 is 17.3 Å². The molecule has 0 heterocycles. The quantitative estimate of drug-likeness (QED) is 0.609. The first-order valence-corrected chi connectivity index (χ1v) is 4.37. The van der Waals surface area contributed by atoms with Crippen molar-refractivity contribution in [3.63, 3.8) is 0 Å². The predicted molar refractivity (Wildman–Crippen MR) is 53.4 cm³/mol. The van der Waals surface area contributed by atoms with Crippen molar-refractivity contribution < 1.29 is 10.0 Å². The average Bonchev–Trinajstić information content (AvgIpc) is 2.01. The van der Waals surface area contributed by atoms with Crippen molar-refractivity contribution in [2.45, 2.75) is 19.4 Å². The summed E-state index contributed by atoms with van der Waals surface area (Å²) in [6, 6.07) is 4.01. The molecule has 1 N–H and O–H groups in total. The molecule has 5 heteroatoms. The summed E-state index contributed by atoms with van der Waals surface area (Å²) in [5, 5.41) is 20.2. The van der Waals surface area contributed by atoms with Crippen molar-refractivity contribution in [1.82, 2.24) is 0 Å². The number of benzene rings is 1. The van der Waals surface area contributed by atoms with E-state index >= 15 is 0 Å². The molecule has 0 saturated carbocycles. The molecule has 14 heavy (non-hydrogen) atoms. The molecule has 0 atom stereocenters. The van der Waals surface area contributed by atoms with Crippen LogP contribution in [0, 0.1) is 10.1 Å². The van der Waals surface area contributed by atoms with E-state index in [1.54, 1.807) is 13.8 Å². The molecule has 0 bridgehead atoms. The molecule has 0 aliphatic carbocycles. The van der Waals surface area contributed by atoms with E-state index in [-0.39, 0.29) is 10.7 Å². The second kappa shape index (κ2) is 3.55. The molecule has 0 radical (unpaired) electrons. The van der Waals surface area contributed by atoms with Crippen LogP contribution in [-0.2, 0) is 5.60 Å². The SMILES string of the molecule is CC(C)(O)c1ccc([N+](=O)[O-])cc1Cl. The van der Waals surface area contributed by atoms with Gasteiger partial charge in [0.1, 0.15) is 0 Å². The summed E-state index contributed by atoms with van der Waals surface area (Å²) in [5.74, 6) is 0. The molecule has 0 aliphatic rings. The van der Waals surface area contributed by atoms with Crippen molar-refractivity contribution in [3.8, 4) is 0 Å². The van der Waals surface area contributed by atoms with Crippen LogP contribution in [0.1, 0.15) is 19.4 Å². The zero-order valence-electron chi connectivity index (χ0n) is 7.82. The molecule has 0 amide bonds. The van der Waals surface area contributed by atoms with Gasteiger partial charge in [-0.05, 0) is 19.9 Å². The van der Waals surface area contributed by atoms with E-state index in [0.717, 1.165) is 0 Å². The minimum absolute atomic E-state index is 0.0806. The fourth-order valence-corrected chi connectivity index (χ4v) is 1.52. The molecule has 1 aromatic carbocycles. The van der Waals surface area contributed by atoms with E-state index in [1.165, 1.54) is 18.2 Å². The molecule has 0 spiro atoms. The Morgan fingerprint density at radius 1 is 1.50 bits per heavy atom. The average molecular weight is 216 g/mol. The van der Waals surface area contributed by atoms with Crippen LogP contribution in [0.15, 0.2) is 18.2 Å². The maximum Gasteiger partial charge on any atom is 0.270 e. The van der Waals surface area contributed by atoms with Gasteiger partial charge in [-0.1, -0.05) is 11.6 Å². The number of non-ortho nitro benzene ring substituents is 1. The second-order valence-corrected chi connectivity index (χ2v) is 3.89. The highest BCUT2D eigenvalue weighted by Gasteiger charge is 2.21. The van der Waals surface area contributed by atoms with Gasteiger partial charge in [0.05, 0.1) is 15.5 Å². The molecule has 1 rings (SSSR count). The van der Waals surface area contributed by atoms with Gasteiger partial charge in [0.25, 0.3) is 5.69 Å². The zero-order valence-corrected chi connectivity index (χ0v) is 8.58. The van der Waals surface area contributed by atoms with E-state index in [2.05, 4.69) is 0 Å². The Kier molecular flexibility index (Phi) is 2.78. The Hall–Kier alpha value is -1.13. The third-order valence-corrected chi connectivity index (χ3v) is 2.14. The maximum absolute atomic E-state index is 10.4. The number of nitro groups is 1. The molecule has 0 unspecified atom stereocenters. The normalized spacial score (nSPS) is 11.4. The van der Waals surface area contributed by atoms with Crippen LogP contribution in [0.25, 0.3) is 0 Å². The largest absolute Gasteiger partial charge is 0.386 e. The molecule has 76 valence electrons. The van der Waals surface area contributed by atoms with E-state index < -0.39 is 10.5 Å². The molecule has 0 saturated heterocycles. The number of hydrogen-bond donors (Lipinski definition) is 1. The zero-order chi connectivity index (χ0) is 10.9. The number of nitrogens with zero attached hydrogens (tertiary/aromatic N) is 1. The highest BCUT2D eigenvalue weighted by atomic mass is 35.5. The van der Waals surface area contributed by atoms with Crippen molar-refractivity contribution in [3.05, 3.63) is 38.9 Å². The highest BCUT2D eigenvalue weighted by molar-refractivity contribution is 6.31. The summed E-state index contributed by atoms with van der Waals surface area (Å²) in [7, 11) is 0. The van der Waals surface area contributed by atoms with Gasteiger partial charge >= 0.3 is 0 Å². The molecule has 0 aromatic heterocycles. The first-order valence-electron chi connectivity index (χ1n) is 3.99. The summed E-state index contributed by atoms with van der Waals surface area (Å²) in [5.41, 5.74) is -0.695. The first-order chi connectivity index (χ1) is 6.32. The van der Waals surface area contributed by atoms with Gasteiger partial charge in [0.15, 0.2) is 0 Å². The summed E-state index contributed by atoms with van der Waals surface area (Å²) in [4.78, 5) is 9.87. The van der Waals surface area contributed by atoms with Gasteiger partial charge in [-0.25, -0.2) is 0 Å². The Bertz CT molecular complexity index is 371. The Morgan fingerprint density at radius 2 is 2.07 bits per heavy atom. The van der Waals surface area contributed by atoms with E-state index in [1.807, 2.05) is 0 Å². The van der Waals surface area contributed by atoms with Crippen LogP contribution in [0.2, 0.25) is 5.02 Å². The third-order valence-electron chi connectivity index (χ3n) is 1.82. The molecule has 4 nitrogen and oxygen atoms in total. The topological polar surface area (TPSA) is 63.4 Å². The maximum atomic E-state index is 10.4. The molecular formula is C9H10ClNO3. The fraction of sp³-hybridized carbons (Fsp3) is 0.333. The van der Waals surface area contributed by atoms with Crippen LogP contribution in [0.3, 0.4) is 0 Å². The Balaban J connectivity index is 3.21. The highest BCUT2D eigenvalue weighted by Crippen LogP contribution is 2.30. The molecular weight excluding hydrogens is 206 g/mol. The predicted octanol–water partition coefficient (Wildman–Crippen LogP) is 2.48. The van der Waals surface area contributed by atoms with Crippen molar-refractivity contribution in [1.29, 1.82) is 0 Å².